The van der Waals surface area contributed by atoms with Crippen molar-refractivity contribution in [3.05, 3.63) is 46.4 Å². The Morgan fingerprint density at radius 1 is 1.13 bits per heavy atom. The molecule has 1 nitrogen and oxygen atoms in total. The highest BCUT2D eigenvalue weighted by Crippen LogP contribution is 2.27. The molecule has 2 aromatic rings. The summed E-state index contributed by atoms with van der Waals surface area (Å²) < 4.78 is 1.19. The van der Waals surface area contributed by atoms with Crippen LogP contribution in [0.4, 0.5) is 0 Å². The summed E-state index contributed by atoms with van der Waals surface area (Å²) >= 11 is 3.62. The van der Waals surface area contributed by atoms with Crippen LogP contribution in [0.15, 0.2) is 40.9 Å². The average molecular weight is 264 g/mol. The second kappa shape index (κ2) is 4.77. The lowest BCUT2D eigenvalue weighted by atomic mass is 10.0. The third-order valence-corrected chi connectivity index (χ3v) is 3.25. The monoisotopic (exact) mass is 263 g/mol. The van der Waals surface area contributed by atoms with E-state index in [1.807, 2.05) is 7.05 Å². The minimum atomic E-state index is 1.01. The highest BCUT2D eigenvalue weighted by Gasteiger charge is 2.03. The first kappa shape index (κ1) is 10.7. The Balaban J connectivity index is 2.53. The SMILES string of the molecule is CNCCc1cccc2cccc(Br)c12. The fraction of sp³-hybridized carbons (Fsp3) is 0.231. The van der Waals surface area contributed by atoms with E-state index < -0.39 is 0 Å². The average Bonchev–Trinajstić information content (AvgIpc) is 2.26. The largest absolute Gasteiger partial charge is 0.319 e. The van der Waals surface area contributed by atoms with E-state index in [1.54, 1.807) is 0 Å². The Kier molecular flexibility index (Phi) is 3.39. The zero-order valence-electron chi connectivity index (χ0n) is 8.76. The number of fused-ring (bicyclic) bond motifs is 1. The van der Waals surface area contributed by atoms with Gasteiger partial charge in [0.25, 0.3) is 0 Å². The van der Waals surface area contributed by atoms with E-state index in [2.05, 4.69) is 57.6 Å². The highest BCUT2D eigenvalue weighted by atomic mass is 79.9. The minimum absolute atomic E-state index is 1.01. The van der Waals surface area contributed by atoms with Crippen LogP contribution in [0, 0.1) is 0 Å². The first-order valence-electron chi connectivity index (χ1n) is 5.13. The Morgan fingerprint density at radius 3 is 2.60 bits per heavy atom. The van der Waals surface area contributed by atoms with Gasteiger partial charge in [0, 0.05) is 4.47 Å². The molecule has 0 aliphatic heterocycles. The Bertz CT molecular complexity index is 460. The summed E-state index contributed by atoms with van der Waals surface area (Å²) in [7, 11) is 1.99. The Labute approximate surface area is 98.6 Å². The van der Waals surface area contributed by atoms with Crippen molar-refractivity contribution in [3.63, 3.8) is 0 Å². The van der Waals surface area contributed by atoms with Gasteiger partial charge in [-0.1, -0.05) is 46.3 Å². The highest BCUT2D eigenvalue weighted by molar-refractivity contribution is 9.10. The van der Waals surface area contributed by atoms with Crippen molar-refractivity contribution in [2.75, 3.05) is 13.6 Å². The molecule has 0 unspecified atom stereocenters. The van der Waals surface area contributed by atoms with E-state index in [0.29, 0.717) is 0 Å². The van der Waals surface area contributed by atoms with E-state index in [1.165, 1.54) is 20.8 Å². The number of hydrogen-bond acceptors (Lipinski definition) is 1. The van der Waals surface area contributed by atoms with Crippen LogP contribution < -0.4 is 5.32 Å². The fourth-order valence-electron chi connectivity index (χ4n) is 1.84. The lowest BCUT2D eigenvalue weighted by Crippen LogP contribution is -2.10. The Morgan fingerprint density at radius 2 is 1.87 bits per heavy atom. The van der Waals surface area contributed by atoms with Crippen molar-refractivity contribution in [2.45, 2.75) is 6.42 Å². The number of benzene rings is 2. The summed E-state index contributed by atoms with van der Waals surface area (Å²) in [6, 6.07) is 12.8. The molecule has 0 aromatic heterocycles. The molecule has 0 bridgehead atoms. The molecule has 0 heterocycles. The molecular formula is C13H14BrN. The van der Waals surface area contributed by atoms with Gasteiger partial charge in [-0.05, 0) is 42.4 Å². The van der Waals surface area contributed by atoms with Crippen LogP contribution >= 0.6 is 15.9 Å². The van der Waals surface area contributed by atoms with Gasteiger partial charge in [0.1, 0.15) is 0 Å². The Hall–Kier alpha value is -0.860. The standard InChI is InChI=1S/C13H14BrN/c1-15-9-8-11-5-2-4-10-6-3-7-12(14)13(10)11/h2-7,15H,8-9H2,1H3. The van der Waals surface area contributed by atoms with Gasteiger partial charge in [-0.2, -0.15) is 0 Å². The summed E-state index contributed by atoms with van der Waals surface area (Å²) in [6.07, 6.45) is 1.07. The van der Waals surface area contributed by atoms with Crippen LogP contribution in [-0.4, -0.2) is 13.6 Å². The number of nitrogens with one attached hydrogen (secondary N) is 1. The maximum atomic E-state index is 3.62. The molecule has 0 saturated heterocycles. The zero-order chi connectivity index (χ0) is 10.7. The molecule has 0 amide bonds. The van der Waals surface area contributed by atoms with Gasteiger partial charge >= 0.3 is 0 Å². The van der Waals surface area contributed by atoms with Crippen LogP contribution in [-0.2, 0) is 6.42 Å². The molecule has 2 aromatic carbocycles. The summed E-state index contributed by atoms with van der Waals surface area (Å²) in [4.78, 5) is 0. The second-order valence-corrected chi connectivity index (χ2v) is 4.46. The number of hydrogen-bond donors (Lipinski definition) is 1. The van der Waals surface area contributed by atoms with Crippen molar-refractivity contribution in [2.24, 2.45) is 0 Å². The molecule has 2 rings (SSSR count). The van der Waals surface area contributed by atoms with Crippen molar-refractivity contribution in [1.29, 1.82) is 0 Å². The van der Waals surface area contributed by atoms with Crippen LogP contribution in [0.2, 0.25) is 0 Å². The fourth-order valence-corrected chi connectivity index (χ4v) is 2.47. The van der Waals surface area contributed by atoms with Gasteiger partial charge in [-0.15, -0.1) is 0 Å². The predicted octanol–water partition coefficient (Wildman–Crippen LogP) is 3.36. The quantitative estimate of drug-likeness (QED) is 0.896. The maximum Gasteiger partial charge on any atom is 0.0256 e. The van der Waals surface area contributed by atoms with Gasteiger partial charge in [0.15, 0.2) is 0 Å². The number of rotatable bonds is 3. The maximum absolute atomic E-state index is 3.62. The van der Waals surface area contributed by atoms with Crippen molar-refractivity contribution >= 4 is 26.7 Å². The van der Waals surface area contributed by atoms with Gasteiger partial charge in [0.05, 0.1) is 0 Å². The molecule has 0 aliphatic carbocycles. The first-order chi connectivity index (χ1) is 7.33. The normalized spacial score (nSPS) is 10.8. The van der Waals surface area contributed by atoms with Crippen LogP contribution in [0.5, 0.6) is 0 Å². The van der Waals surface area contributed by atoms with E-state index in [9.17, 15) is 0 Å². The lowest BCUT2D eigenvalue weighted by molar-refractivity contribution is 0.795. The van der Waals surface area contributed by atoms with E-state index >= 15 is 0 Å². The third kappa shape index (κ3) is 2.21. The number of likely N-dealkylation sites (N-methyl/N-ethyl adjacent to an activating group) is 1. The molecular weight excluding hydrogens is 250 g/mol. The molecule has 0 atom stereocenters. The lowest BCUT2D eigenvalue weighted by Gasteiger charge is -2.07. The first-order valence-corrected chi connectivity index (χ1v) is 5.93. The van der Waals surface area contributed by atoms with Gasteiger partial charge < -0.3 is 5.32 Å². The predicted molar refractivity (Wildman–Crippen MR) is 69.3 cm³/mol. The van der Waals surface area contributed by atoms with Crippen molar-refractivity contribution in [1.82, 2.24) is 5.32 Å². The topological polar surface area (TPSA) is 12.0 Å². The number of halogens is 1. The van der Waals surface area contributed by atoms with Gasteiger partial charge in [-0.25, -0.2) is 0 Å². The van der Waals surface area contributed by atoms with Crippen LogP contribution in [0.1, 0.15) is 5.56 Å². The molecule has 0 spiro atoms. The van der Waals surface area contributed by atoms with Gasteiger partial charge in [0.2, 0.25) is 0 Å². The van der Waals surface area contributed by atoms with E-state index in [-0.39, 0.29) is 0 Å². The van der Waals surface area contributed by atoms with E-state index in [4.69, 9.17) is 0 Å². The third-order valence-electron chi connectivity index (χ3n) is 2.58. The van der Waals surface area contributed by atoms with Crippen molar-refractivity contribution in [3.8, 4) is 0 Å². The summed E-state index contributed by atoms with van der Waals surface area (Å²) in [6.45, 7) is 1.01. The van der Waals surface area contributed by atoms with E-state index in [0.717, 1.165) is 13.0 Å². The molecule has 0 saturated carbocycles. The molecule has 0 aliphatic rings. The zero-order valence-corrected chi connectivity index (χ0v) is 10.3. The van der Waals surface area contributed by atoms with Gasteiger partial charge in [-0.3, -0.25) is 0 Å². The second-order valence-electron chi connectivity index (χ2n) is 3.61. The molecule has 1 N–H and O–H groups in total. The van der Waals surface area contributed by atoms with Crippen molar-refractivity contribution < 1.29 is 0 Å². The minimum Gasteiger partial charge on any atom is -0.319 e. The molecule has 78 valence electrons. The van der Waals surface area contributed by atoms with Crippen LogP contribution in [0.3, 0.4) is 0 Å². The smallest absolute Gasteiger partial charge is 0.0256 e. The molecule has 0 fully saturated rings. The summed E-state index contributed by atoms with van der Waals surface area (Å²) in [5.41, 5.74) is 1.40. The molecule has 0 radical (unpaired) electrons. The molecule has 2 heteroatoms. The summed E-state index contributed by atoms with van der Waals surface area (Å²) in [5, 5.41) is 5.83. The molecule has 15 heavy (non-hydrogen) atoms. The summed E-state index contributed by atoms with van der Waals surface area (Å²) in [5.74, 6) is 0. The van der Waals surface area contributed by atoms with Crippen LogP contribution in [0.25, 0.3) is 10.8 Å².